The van der Waals surface area contributed by atoms with E-state index in [-0.39, 0.29) is 37.5 Å². The molecule has 0 aromatic heterocycles. The fourth-order valence-electron chi connectivity index (χ4n) is 7.20. The molecule has 0 amide bonds. The topological polar surface area (TPSA) is 160 Å². The van der Waals surface area contributed by atoms with Crippen molar-refractivity contribution in [3.63, 3.8) is 0 Å². The molecule has 262 valence electrons. The van der Waals surface area contributed by atoms with Gasteiger partial charge in [0.1, 0.15) is 24.7 Å². The zero-order valence-electron chi connectivity index (χ0n) is 28.9. The van der Waals surface area contributed by atoms with E-state index in [4.69, 9.17) is 33.3 Å². The van der Waals surface area contributed by atoms with Crippen molar-refractivity contribution in [3.8, 4) is 0 Å². The highest BCUT2D eigenvalue weighted by atomic mass is 16.8. The van der Waals surface area contributed by atoms with Crippen LogP contribution in [0.4, 0.5) is 4.79 Å². The van der Waals surface area contributed by atoms with Crippen molar-refractivity contribution in [2.24, 2.45) is 28.8 Å². The molecule has 13 nitrogen and oxygen atoms in total. The minimum atomic E-state index is -1.39. The van der Waals surface area contributed by atoms with E-state index in [1.807, 2.05) is 27.7 Å². The lowest BCUT2D eigenvalue weighted by Crippen LogP contribution is -2.59. The maximum Gasteiger partial charge on any atom is 0.509 e. The Labute approximate surface area is 272 Å². The van der Waals surface area contributed by atoms with Gasteiger partial charge >= 0.3 is 12.1 Å². The van der Waals surface area contributed by atoms with Gasteiger partial charge in [0.05, 0.1) is 23.5 Å². The number of esters is 1. The maximum atomic E-state index is 14.1. The number of ether oxygens (including phenoxy) is 6. The predicted molar refractivity (Wildman–Crippen MR) is 168 cm³/mol. The van der Waals surface area contributed by atoms with Gasteiger partial charge in [-0.05, 0) is 54.0 Å². The van der Waals surface area contributed by atoms with Gasteiger partial charge in [0.2, 0.25) is 0 Å². The Balaban J connectivity index is 2.17. The summed E-state index contributed by atoms with van der Waals surface area (Å²) in [5.74, 6) is -4.27. The molecule has 3 heterocycles. The number of likely N-dealkylation sites (N-methyl/N-ethyl adjacent to an activating group) is 1. The van der Waals surface area contributed by atoms with Crippen molar-refractivity contribution in [2.75, 3.05) is 20.8 Å². The largest absolute Gasteiger partial charge is 0.509 e. The van der Waals surface area contributed by atoms with E-state index >= 15 is 0 Å². The van der Waals surface area contributed by atoms with Crippen LogP contribution >= 0.6 is 0 Å². The predicted octanol–water partition coefficient (Wildman–Crippen LogP) is 3.55. The Morgan fingerprint density at radius 3 is 2.37 bits per heavy atom. The highest BCUT2D eigenvalue weighted by Crippen LogP contribution is 2.42. The molecular weight excluding hydrogens is 600 g/mol. The maximum absolute atomic E-state index is 14.1. The summed E-state index contributed by atoms with van der Waals surface area (Å²) in [6.45, 7) is 17.9. The number of carbonyl (C=O) groups excluding carboxylic acids is 3. The van der Waals surface area contributed by atoms with Crippen LogP contribution in [0.1, 0.15) is 74.7 Å². The number of ketones is 1. The molecule has 0 saturated carbocycles. The second-order valence-corrected chi connectivity index (χ2v) is 13.3. The fourth-order valence-corrected chi connectivity index (χ4v) is 7.20. The van der Waals surface area contributed by atoms with Crippen LogP contribution in [-0.4, -0.2) is 104 Å². The third kappa shape index (κ3) is 7.75. The standard InChI is InChI=1S/C33H54N2O11/c1-12-14-41-35-24-17(3)16-32(8,40-11)27(44-30-26(37)22(34-10)15-18(4)42-30)20(6)25(36)21(7)29(38)43-23(13-2)33(9)28(19(24)5)45-31(39)46-33/h12,17-23,26-28,30,34,37H,1,13-16H2,2-11H3/b35-24+/t17-,18-,19+,20+,21-,22+,23-,26-,27-,28-,30+,32+,33-/m1/s1. The number of nitrogens with one attached hydrogen (secondary N) is 1. The van der Waals surface area contributed by atoms with Gasteiger partial charge in [0, 0.05) is 30.9 Å². The number of aliphatic hydroxyl groups is 1. The number of rotatable bonds is 8. The van der Waals surface area contributed by atoms with Gasteiger partial charge in [-0.2, -0.15) is 0 Å². The van der Waals surface area contributed by atoms with Crippen LogP contribution in [0.3, 0.4) is 0 Å². The van der Waals surface area contributed by atoms with Crippen LogP contribution in [0.15, 0.2) is 17.8 Å². The highest BCUT2D eigenvalue weighted by Gasteiger charge is 2.58. The van der Waals surface area contributed by atoms with E-state index in [0.717, 1.165) is 0 Å². The monoisotopic (exact) mass is 654 g/mol. The Bertz CT molecular complexity index is 1130. The summed E-state index contributed by atoms with van der Waals surface area (Å²) in [6, 6.07) is -0.307. The number of Topliss-reactive ketones (excluding diaryl/α,β-unsaturated/α-hetero) is 1. The lowest BCUT2D eigenvalue weighted by Gasteiger charge is -2.46. The molecule has 13 heteroatoms. The molecule has 0 bridgehead atoms. The van der Waals surface area contributed by atoms with Gasteiger partial charge in [-0.25, -0.2) is 4.79 Å². The van der Waals surface area contributed by atoms with Crippen molar-refractivity contribution in [1.82, 2.24) is 5.32 Å². The van der Waals surface area contributed by atoms with Crippen molar-refractivity contribution in [1.29, 1.82) is 0 Å². The quantitative estimate of drug-likeness (QED) is 0.129. The van der Waals surface area contributed by atoms with Gasteiger partial charge in [-0.1, -0.05) is 45.5 Å². The highest BCUT2D eigenvalue weighted by molar-refractivity contribution is 6.00. The number of hydrogen-bond acceptors (Lipinski definition) is 13. The van der Waals surface area contributed by atoms with Gasteiger partial charge in [0.25, 0.3) is 0 Å². The summed E-state index contributed by atoms with van der Waals surface area (Å²) in [6.07, 6.45) is -3.43. The first-order valence-corrected chi connectivity index (χ1v) is 16.2. The molecule has 0 spiro atoms. The third-order valence-corrected chi connectivity index (χ3v) is 9.91. The van der Waals surface area contributed by atoms with Crippen LogP contribution in [0.5, 0.6) is 0 Å². The number of methoxy groups -OCH3 is 1. The first-order chi connectivity index (χ1) is 21.6. The lowest BCUT2D eigenvalue weighted by molar-refractivity contribution is -0.290. The van der Waals surface area contributed by atoms with Crippen LogP contribution in [0, 0.1) is 23.7 Å². The molecule has 3 fully saturated rings. The minimum absolute atomic E-state index is 0.134. The van der Waals surface area contributed by atoms with Crippen LogP contribution in [0.25, 0.3) is 0 Å². The average molecular weight is 655 g/mol. The van der Waals surface area contributed by atoms with E-state index in [1.54, 1.807) is 33.9 Å². The molecule has 0 unspecified atom stereocenters. The number of cyclic esters (lactones) is 1. The van der Waals surface area contributed by atoms with Crippen molar-refractivity contribution in [2.45, 2.75) is 129 Å². The number of oxime groups is 1. The number of fused-ring (bicyclic) bond motifs is 1. The first-order valence-electron chi connectivity index (χ1n) is 16.2. The molecule has 3 rings (SSSR count). The Hall–Kier alpha value is -2.58. The van der Waals surface area contributed by atoms with Crippen molar-refractivity contribution >= 4 is 23.6 Å². The Morgan fingerprint density at radius 1 is 1.11 bits per heavy atom. The Morgan fingerprint density at radius 2 is 1.78 bits per heavy atom. The van der Waals surface area contributed by atoms with E-state index < -0.39 is 77.6 Å². The molecule has 0 aromatic carbocycles. The SMILES string of the molecule is C=CCO/N=C1\[C@H](C)C[C@](C)(OC)[C@H](O[C@@H]2O[C@H](C)C[C@H](NC)[C@H]2O)[C@@H](C)C(=O)[C@@H](C)C(=O)O[C@H](CC)[C@@]2(C)OC(=O)O[C@@H]2[C@H]1C. The summed E-state index contributed by atoms with van der Waals surface area (Å²) >= 11 is 0. The van der Waals surface area contributed by atoms with Gasteiger partial charge in [0.15, 0.2) is 23.8 Å². The molecule has 13 atom stereocenters. The van der Waals surface area contributed by atoms with Crippen LogP contribution in [0.2, 0.25) is 0 Å². The number of carbonyl (C=O) groups is 3. The molecule has 0 aromatic rings. The van der Waals surface area contributed by atoms with Crippen molar-refractivity contribution < 1.29 is 52.7 Å². The zero-order valence-corrected chi connectivity index (χ0v) is 28.9. The summed E-state index contributed by atoms with van der Waals surface area (Å²) in [4.78, 5) is 45.8. The van der Waals surface area contributed by atoms with Crippen LogP contribution < -0.4 is 5.32 Å². The number of aliphatic hydroxyl groups excluding tert-OH is 1. The number of hydrogen-bond donors (Lipinski definition) is 2. The molecule has 0 radical (unpaired) electrons. The molecule has 0 aliphatic carbocycles. The molecule has 3 aliphatic heterocycles. The first kappa shape index (κ1) is 37.9. The summed E-state index contributed by atoms with van der Waals surface area (Å²) < 4.78 is 36.1. The Kier molecular flexibility index (Phi) is 12.8. The lowest BCUT2D eigenvalue weighted by atomic mass is 9.74. The van der Waals surface area contributed by atoms with E-state index in [2.05, 4.69) is 17.1 Å². The third-order valence-electron chi connectivity index (χ3n) is 9.91. The normalized spacial score (nSPS) is 43.6. The molecular formula is C33H54N2O11. The van der Waals surface area contributed by atoms with Gasteiger partial charge < -0.3 is 43.7 Å². The summed E-state index contributed by atoms with van der Waals surface area (Å²) in [5.41, 5.74) is -2.04. The molecule has 3 aliphatic rings. The van der Waals surface area contributed by atoms with Crippen LogP contribution in [-0.2, 0) is 42.8 Å². The molecule has 2 N–H and O–H groups in total. The fraction of sp³-hybridized carbons (Fsp3) is 0.818. The second-order valence-electron chi connectivity index (χ2n) is 13.3. The number of nitrogens with zero attached hydrogens (tertiary/aromatic N) is 1. The smallest absolute Gasteiger partial charge is 0.457 e. The van der Waals surface area contributed by atoms with Gasteiger partial charge in [-0.3, -0.25) is 9.59 Å². The summed E-state index contributed by atoms with van der Waals surface area (Å²) in [7, 11) is 3.27. The van der Waals surface area contributed by atoms with Gasteiger partial charge in [-0.15, -0.1) is 0 Å². The van der Waals surface area contributed by atoms with Crippen molar-refractivity contribution in [3.05, 3.63) is 12.7 Å². The minimum Gasteiger partial charge on any atom is -0.457 e. The molecule has 3 saturated heterocycles. The average Bonchev–Trinajstić information content (AvgIpc) is 3.34. The van der Waals surface area contributed by atoms with E-state index in [9.17, 15) is 19.5 Å². The van der Waals surface area contributed by atoms with E-state index in [0.29, 0.717) is 12.1 Å². The zero-order chi connectivity index (χ0) is 34.6. The molecule has 46 heavy (non-hydrogen) atoms. The van der Waals surface area contributed by atoms with E-state index in [1.165, 1.54) is 14.0 Å². The second kappa shape index (κ2) is 15.5. The summed E-state index contributed by atoms with van der Waals surface area (Å²) in [5, 5.41) is 18.8.